The van der Waals surface area contributed by atoms with Crippen molar-refractivity contribution in [3.63, 3.8) is 0 Å². The van der Waals surface area contributed by atoms with Gasteiger partial charge in [-0.05, 0) is 30.1 Å². The lowest BCUT2D eigenvalue weighted by atomic mass is 9.69. The van der Waals surface area contributed by atoms with Crippen LogP contribution in [0.5, 0.6) is 0 Å². The molecule has 0 aliphatic heterocycles. The van der Waals surface area contributed by atoms with E-state index in [0.29, 0.717) is 17.3 Å². The first-order valence-electron chi connectivity index (χ1n) is 4.78. The smallest absolute Gasteiger partial charge is 0.0607 e. The van der Waals surface area contributed by atoms with E-state index in [1.807, 2.05) is 0 Å². The quantitative estimate of drug-likeness (QED) is 0.436. The molecule has 2 nitrogen and oxygen atoms in total. The standard InChI is InChI=1S/C10H17NO/c1-6-8-4-7(10(6,2)3)5-9(8)11-12/h6-8,12H,4-5H2,1-3H3/b11-9-/t6-,7+,8+/m0/s1. The zero-order valence-electron chi connectivity index (χ0n) is 8.04. The summed E-state index contributed by atoms with van der Waals surface area (Å²) in [6.45, 7) is 6.97. The van der Waals surface area contributed by atoms with Gasteiger partial charge in [0.15, 0.2) is 0 Å². The van der Waals surface area contributed by atoms with Gasteiger partial charge in [-0.25, -0.2) is 0 Å². The van der Waals surface area contributed by atoms with Crippen molar-refractivity contribution in [3.8, 4) is 0 Å². The topological polar surface area (TPSA) is 32.6 Å². The monoisotopic (exact) mass is 167 g/mol. The third-order valence-electron chi connectivity index (χ3n) is 4.38. The molecule has 0 spiro atoms. The van der Waals surface area contributed by atoms with Crippen molar-refractivity contribution in [1.82, 2.24) is 0 Å². The van der Waals surface area contributed by atoms with Crippen LogP contribution in [0.4, 0.5) is 0 Å². The molecule has 0 radical (unpaired) electrons. The first kappa shape index (κ1) is 8.09. The molecular weight excluding hydrogens is 150 g/mol. The molecule has 2 fully saturated rings. The normalized spacial score (nSPS) is 47.2. The summed E-state index contributed by atoms with van der Waals surface area (Å²) in [6, 6.07) is 0. The summed E-state index contributed by atoms with van der Waals surface area (Å²) in [4.78, 5) is 0. The van der Waals surface area contributed by atoms with E-state index in [-0.39, 0.29) is 0 Å². The van der Waals surface area contributed by atoms with Crippen molar-refractivity contribution in [2.45, 2.75) is 33.6 Å². The van der Waals surface area contributed by atoms with Crippen molar-refractivity contribution >= 4 is 5.71 Å². The molecule has 2 saturated carbocycles. The lowest BCUT2D eigenvalue weighted by Crippen LogP contribution is -2.33. The van der Waals surface area contributed by atoms with E-state index in [1.165, 1.54) is 6.42 Å². The molecule has 0 amide bonds. The van der Waals surface area contributed by atoms with Crippen LogP contribution in [0, 0.1) is 23.2 Å². The van der Waals surface area contributed by atoms with Gasteiger partial charge in [-0.15, -0.1) is 0 Å². The molecule has 0 aromatic heterocycles. The molecule has 3 atom stereocenters. The van der Waals surface area contributed by atoms with E-state index in [4.69, 9.17) is 5.21 Å². The van der Waals surface area contributed by atoms with E-state index in [2.05, 4.69) is 25.9 Å². The van der Waals surface area contributed by atoms with Gasteiger partial charge in [0.25, 0.3) is 0 Å². The van der Waals surface area contributed by atoms with Gasteiger partial charge >= 0.3 is 0 Å². The summed E-state index contributed by atoms with van der Waals surface area (Å²) in [5, 5.41) is 12.2. The van der Waals surface area contributed by atoms with Crippen LogP contribution in [-0.2, 0) is 0 Å². The van der Waals surface area contributed by atoms with Crippen LogP contribution in [0.25, 0.3) is 0 Å². The van der Waals surface area contributed by atoms with Gasteiger partial charge in [-0.3, -0.25) is 0 Å². The van der Waals surface area contributed by atoms with Crippen LogP contribution in [0.3, 0.4) is 0 Å². The Bertz CT molecular complexity index is 228. The SMILES string of the molecule is C[C@H]1[C@H]2C[C@H](C/C2=N/O)C1(C)C. The number of hydrogen-bond donors (Lipinski definition) is 1. The lowest BCUT2D eigenvalue weighted by molar-refractivity contribution is 0.178. The highest BCUT2D eigenvalue weighted by Crippen LogP contribution is 2.57. The van der Waals surface area contributed by atoms with E-state index >= 15 is 0 Å². The van der Waals surface area contributed by atoms with Crippen LogP contribution >= 0.6 is 0 Å². The van der Waals surface area contributed by atoms with Gasteiger partial charge in [0.05, 0.1) is 5.71 Å². The Morgan fingerprint density at radius 2 is 2.17 bits per heavy atom. The first-order chi connectivity index (χ1) is 5.57. The van der Waals surface area contributed by atoms with Gasteiger partial charge < -0.3 is 5.21 Å². The van der Waals surface area contributed by atoms with Crippen LogP contribution in [0.2, 0.25) is 0 Å². The highest BCUT2D eigenvalue weighted by Gasteiger charge is 2.53. The largest absolute Gasteiger partial charge is 0.411 e. The van der Waals surface area contributed by atoms with Crippen LogP contribution in [0.15, 0.2) is 5.16 Å². The average Bonchev–Trinajstić information content (AvgIpc) is 2.52. The van der Waals surface area contributed by atoms with Gasteiger partial charge in [0.1, 0.15) is 0 Å². The Morgan fingerprint density at radius 3 is 2.58 bits per heavy atom. The molecule has 0 unspecified atom stereocenters. The summed E-state index contributed by atoms with van der Waals surface area (Å²) in [5.74, 6) is 2.00. The molecule has 2 bridgehead atoms. The first-order valence-corrected chi connectivity index (χ1v) is 4.78. The Kier molecular flexibility index (Phi) is 1.51. The van der Waals surface area contributed by atoms with Crippen molar-refractivity contribution in [1.29, 1.82) is 0 Å². The van der Waals surface area contributed by atoms with Gasteiger partial charge in [-0.2, -0.15) is 0 Å². The summed E-state index contributed by atoms with van der Waals surface area (Å²) in [7, 11) is 0. The minimum Gasteiger partial charge on any atom is -0.411 e. The number of hydrogen-bond acceptors (Lipinski definition) is 2. The fourth-order valence-electron chi connectivity index (χ4n) is 2.99. The molecule has 0 aromatic rings. The maximum Gasteiger partial charge on any atom is 0.0607 e. The Labute approximate surface area is 73.7 Å². The third-order valence-corrected chi connectivity index (χ3v) is 4.38. The zero-order valence-corrected chi connectivity index (χ0v) is 8.04. The third kappa shape index (κ3) is 0.782. The second kappa shape index (κ2) is 2.24. The van der Waals surface area contributed by atoms with Crippen molar-refractivity contribution in [2.24, 2.45) is 28.3 Å². The van der Waals surface area contributed by atoms with Crippen LogP contribution in [-0.4, -0.2) is 10.9 Å². The number of nitrogens with zero attached hydrogens (tertiary/aromatic N) is 1. The lowest BCUT2D eigenvalue weighted by Gasteiger charge is -2.36. The van der Waals surface area contributed by atoms with E-state index in [1.54, 1.807) is 0 Å². The molecule has 12 heavy (non-hydrogen) atoms. The summed E-state index contributed by atoms with van der Waals surface area (Å²) >= 11 is 0. The maximum absolute atomic E-state index is 8.76. The van der Waals surface area contributed by atoms with Crippen molar-refractivity contribution in [2.75, 3.05) is 0 Å². The van der Waals surface area contributed by atoms with Gasteiger partial charge in [0.2, 0.25) is 0 Å². The second-order valence-corrected chi connectivity index (χ2v) is 4.94. The second-order valence-electron chi connectivity index (χ2n) is 4.94. The van der Waals surface area contributed by atoms with E-state index in [9.17, 15) is 0 Å². The Hall–Kier alpha value is -0.530. The van der Waals surface area contributed by atoms with E-state index in [0.717, 1.165) is 18.1 Å². The summed E-state index contributed by atoms with van der Waals surface area (Å²) < 4.78 is 0. The zero-order chi connectivity index (χ0) is 8.93. The van der Waals surface area contributed by atoms with Crippen molar-refractivity contribution < 1.29 is 5.21 Å². The Morgan fingerprint density at radius 1 is 1.50 bits per heavy atom. The predicted octanol–water partition coefficient (Wildman–Crippen LogP) is 2.52. The van der Waals surface area contributed by atoms with Crippen LogP contribution < -0.4 is 0 Å². The molecule has 0 aromatic carbocycles. The van der Waals surface area contributed by atoms with E-state index < -0.39 is 0 Å². The fourth-order valence-corrected chi connectivity index (χ4v) is 2.99. The minimum absolute atomic E-state index is 0.457. The fraction of sp³-hybridized carbons (Fsp3) is 0.900. The predicted molar refractivity (Wildman–Crippen MR) is 48.4 cm³/mol. The average molecular weight is 167 g/mol. The molecule has 2 rings (SSSR count). The molecule has 0 saturated heterocycles. The molecule has 0 heterocycles. The summed E-state index contributed by atoms with van der Waals surface area (Å²) in [6.07, 6.45) is 2.27. The number of rotatable bonds is 0. The molecule has 2 aliphatic carbocycles. The summed E-state index contributed by atoms with van der Waals surface area (Å²) in [5.41, 5.74) is 1.51. The van der Waals surface area contributed by atoms with Gasteiger partial charge in [0, 0.05) is 5.92 Å². The van der Waals surface area contributed by atoms with Crippen LogP contribution in [0.1, 0.15) is 33.6 Å². The maximum atomic E-state index is 8.76. The Balaban J connectivity index is 2.29. The molecular formula is C10H17NO. The molecule has 2 aliphatic rings. The van der Waals surface area contributed by atoms with Crippen molar-refractivity contribution in [3.05, 3.63) is 0 Å². The van der Waals surface area contributed by atoms with Gasteiger partial charge in [-0.1, -0.05) is 25.9 Å². The molecule has 1 N–H and O–H groups in total. The molecule has 68 valence electrons. The highest BCUT2D eigenvalue weighted by molar-refractivity contribution is 5.90. The number of fused-ring (bicyclic) bond motifs is 2. The number of oxime groups is 1. The highest BCUT2D eigenvalue weighted by atomic mass is 16.4. The molecule has 2 heteroatoms. The minimum atomic E-state index is 0.457.